The predicted molar refractivity (Wildman–Crippen MR) is 86.9 cm³/mol. The van der Waals surface area contributed by atoms with Crippen molar-refractivity contribution in [2.45, 2.75) is 33.2 Å². The van der Waals surface area contributed by atoms with Gasteiger partial charge in [-0.25, -0.2) is 0 Å². The molecule has 1 rings (SSSR count). The first-order valence-electron chi connectivity index (χ1n) is 7.57. The first-order chi connectivity index (χ1) is 10.8. The molecule has 2 N–H and O–H groups in total. The van der Waals surface area contributed by atoms with Crippen molar-refractivity contribution in [3.63, 3.8) is 0 Å². The zero-order valence-electron chi connectivity index (χ0n) is 14.0. The highest BCUT2D eigenvalue weighted by Gasteiger charge is 2.24. The molecule has 6 heteroatoms. The van der Waals surface area contributed by atoms with Crippen molar-refractivity contribution in [2.75, 3.05) is 13.7 Å². The Balaban J connectivity index is 2.63. The first-order valence-corrected chi connectivity index (χ1v) is 7.57. The molecule has 6 nitrogen and oxygen atoms in total. The van der Waals surface area contributed by atoms with Crippen LogP contribution >= 0.6 is 0 Å². The molecular formula is C17H24N2O4. The third-order valence-electron chi connectivity index (χ3n) is 3.41. The minimum Gasteiger partial charge on any atom is -0.469 e. The minimum absolute atomic E-state index is 0.0810. The number of hydrogen-bond acceptors (Lipinski definition) is 4. The number of aryl methyl sites for hydroxylation is 1. The maximum atomic E-state index is 12.2. The number of amides is 2. The van der Waals surface area contributed by atoms with Crippen molar-refractivity contribution in [2.24, 2.45) is 5.92 Å². The Kier molecular flexibility index (Phi) is 7.25. The Morgan fingerprint density at radius 1 is 1.13 bits per heavy atom. The van der Waals surface area contributed by atoms with E-state index in [0.29, 0.717) is 5.56 Å². The Bertz CT molecular complexity index is 552. The number of carbonyl (C=O) groups is 3. The van der Waals surface area contributed by atoms with Crippen LogP contribution in [0.3, 0.4) is 0 Å². The van der Waals surface area contributed by atoms with Crippen molar-refractivity contribution in [3.05, 3.63) is 35.4 Å². The lowest BCUT2D eigenvalue weighted by atomic mass is 10.0. The third-order valence-corrected chi connectivity index (χ3v) is 3.41. The lowest BCUT2D eigenvalue weighted by molar-refractivity contribution is -0.140. The number of methoxy groups -OCH3 is 1. The van der Waals surface area contributed by atoms with Gasteiger partial charge in [0.2, 0.25) is 5.91 Å². The van der Waals surface area contributed by atoms with Crippen molar-refractivity contribution in [1.29, 1.82) is 0 Å². The molecule has 1 aromatic rings. The molecule has 2 amide bonds. The number of ether oxygens (including phenoxy) is 1. The summed E-state index contributed by atoms with van der Waals surface area (Å²) < 4.78 is 4.51. The molecule has 0 aliphatic carbocycles. The van der Waals surface area contributed by atoms with Gasteiger partial charge in [0.1, 0.15) is 6.04 Å². The van der Waals surface area contributed by atoms with Crippen LogP contribution in [-0.4, -0.2) is 37.5 Å². The standard InChI is InChI=1S/C17H24N2O4/c1-11(2)15(17(22)18-10-9-14(20)23-4)19-16(21)13-7-5-12(3)6-8-13/h5-8,11,15H,9-10H2,1-4H3,(H,18,22)(H,19,21). The van der Waals surface area contributed by atoms with E-state index in [1.54, 1.807) is 12.1 Å². The van der Waals surface area contributed by atoms with E-state index < -0.39 is 12.0 Å². The summed E-state index contributed by atoms with van der Waals surface area (Å²) in [6.07, 6.45) is 0.0962. The van der Waals surface area contributed by atoms with Crippen LogP contribution in [0.1, 0.15) is 36.2 Å². The van der Waals surface area contributed by atoms with Gasteiger partial charge in [0.15, 0.2) is 0 Å². The van der Waals surface area contributed by atoms with Gasteiger partial charge in [0.25, 0.3) is 5.91 Å². The molecule has 0 saturated heterocycles. The van der Waals surface area contributed by atoms with Crippen LogP contribution in [0.4, 0.5) is 0 Å². The van der Waals surface area contributed by atoms with E-state index >= 15 is 0 Å². The van der Waals surface area contributed by atoms with Crippen molar-refractivity contribution < 1.29 is 19.1 Å². The van der Waals surface area contributed by atoms with E-state index in [1.165, 1.54) is 7.11 Å². The summed E-state index contributed by atoms with van der Waals surface area (Å²) in [5.74, 6) is -1.09. The number of nitrogens with one attached hydrogen (secondary N) is 2. The van der Waals surface area contributed by atoms with Crippen LogP contribution in [0.15, 0.2) is 24.3 Å². The average molecular weight is 320 g/mol. The molecule has 126 valence electrons. The highest BCUT2D eigenvalue weighted by Crippen LogP contribution is 2.07. The zero-order chi connectivity index (χ0) is 17.4. The molecule has 1 aromatic carbocycles. The van der Waals surface area contributed by atoms with Gasteiger partial charge in [-0.3, -0.25) is 14.4 Å². The predicted octanol–water partition coefficient (Wildman–Crippen LogP) is 1.43. The topological polar surface area (TPSA) is 84.5 Å². The van der Waals surface area contributed by atoms with Crippen LogP contribution in [0.2, 0.25) is 0 Å². The van der Waals surface area contributed by atoms with Crippen LogP contribution in [0.25, 0.3) is 0 Å². The minimum atomic E-state index is -0.665. The van der Waals surface area contributed by atoms with E-state index in [0.717, 1.165) is 5.56 Å². The molecule has 0 aliphatic heterocycles. The normalized spacial score (nSPS) is 11.7. The highest BCUT2D eigenvalue weighted by molar-refractivity contribution is 5.97. The van der Waals surface area contributed by atoms with Crippen LogP contribution < -0.4 is 10.6 Å². The Morgan fingerprint density at radius 3 is 2.26 bits per heavy atom. The van der Waals surface area contributed by atoms with Gasteiger partial charge in [-0.05, 0) is 25.0 Å². The quantitative estimate of drug-likeness (QED) is 0.744. The van der Waals surface area contributed by atoms with E-state index in [9.17, 15) is 14.4 Å². The Morgan fingerprint density at radius 2 is 1.74 bits per heavy atom. The number of carbonyl (C=O) groups excluding carboxylic acids is 3. The Labute approximate surface area is 136 Å². The third kappa shape index (κ3) is 6.10. The summed E-state index contributed by atoms with van der Waals surface area (Å²) in [4.78, 5) is 35.5. The number of esters is 1. The molecule has 0 bridgehead atoms. The smallest absolute Gasteiger partial charge is 0.307 e. The molecule has 1 unspecified atom stereocenters. The van der Waals surface area contributed by atoms with Gasteiger partial charge in [0.05, 0.1) is 13.5 Å². The molecule has 0 saturated carbocycles. The highest BCUT2D eigenvalue weighted by atomic mass is 16.5. The molecule has 0 aliphatic rings. The second-order valence-corrected chi connectivity index (χ2v) is 5.68. The van der Waals surface area contributed by atoms with E-state index in [1.807, 2.05) is 32.9 Å². The lowest BCUT2D eigenvalue weighted by Gasteiger charge is -2.21. The summed E-state index contributed by atoms with van der Waals surface area (Å²) >= 11 is 0. The van der Waals surface area contributed by atoms with E-state index in [2.05, 4.69) is 15.4 Å². The van der Waals surface area contributed by atoms with Gasteiger partial charge in [-0.15, -0.1) is 0 Å². The summed E-state index contributed by atoms with van der Waals surface area (Å²) in [6.45, 7) is 5.81. The van der Waals surface area contributed by atoms with E-state index in [4.69, 9.17) is 0 Å². The van der Waals surface area contributed by atoms with Crippen molar-refractivity contribution >= 4 is 17.8 Å². The number of hydrogen-bond donors (Lipinski definition) is 2. The fourth-order valence-corrected chi connectivity index (χ4v) is 1.96. The van der Waals surface area contributed by atoms with Crippen molar-refractivity contribution in [1.82, 2.24) is 10.6 Å². The monoisotopic (exact) mass is 320 g/mol. The largest absolute Gasteiger partial charge is 0.469 e. The van der Waals surface area contributed by atoms with Crippen LogP contribution in [-0.2, 0) is 14.3 Å². The van der Waals surface area contributed by atoms with Gasteiger partial charge in [-0.2, -0.15) is 0 Å². The van der Waals surface area contributed by atoms with Gasteiger partial charge >= 0.3 is 5.97 Å². The zero-order valence-corrected chi connectivity index (χ0v) is 14.0. The molecule has 0 radical (unpaired) electrons. The lowest BCUT2D eigenvalue weighted by Crippen LogP contribution is -2.50. The van der Waals surface area contributed by atoms with Gasteiger partial charge in [-0.1, -0.05) is 31.5 Å². The molecule has 1 atom stereocenters. The average Bonchev–Trinajstić information content (AvgIpc) is 2.52. The maximum absolute atomic E-state index is 12.2. The molecule has 0 heterocycles. The van der Waals surface area contributed by atoms with Crippen LogP contribution in [0.5, 0.6) is 0 Å². The van der Waals surface area contributed by atoms with E-state index in [-0.39, 0.29) is 30.7 Å². The molecule has 0 spiro atoms. The second-order valence-electron chi connectivity index (χ2n) is 5.68. The molecule has 0 aromatic heterocycles. The number of rotatable bonds is 7. The SMILES string of the molecule is COC(=O)CCNC(=O)C(NC(=O)c1ccc(C)cc1)C(C)C. The summed E-state index contributed by atoms with van der Waals surface area (Å²) in [6, 6.07) is 6.46. The fourth-order valence-electron chi connectivity index (χ4n) is 1.96. The molecular weight excluding hydrogens is 296 g/mol. The van der Waals surface area contributed by atoms with Gasteiger partial charge < -0.3 is 15.4 Å². The molecule has 23 heavy (non-hydrogen) atoms. The Hall–Kier alpha value is -2.37. The summed E-state index contributed by atoms with van der Waals surface area (Å²) in [7, 11) is 1.29. The van der Waals surface area contributed by atoms with Gasteiger partial charge in [0, 0.05) is 12.1 Å². The fraction of sp³-hybridized carbons (Fsp3) is 0.471. The second kappa shape index (κ2) is 8.92. The number of benzene rings is 1. The molecule has 0 fully saturated rings. The maximum Gasteiger partial charge on any atom is 0.307 e. The van der Waals surface area contributed by atoms with Crippen LogP contribution in [0, 0.1) is 12.8 Å². The first kappa shape index (κ1) is 18.7. The van der Waals surface area contributed by atoms with Crippen molar-refractivity contribution in [3.8, 4) is 0 Å². The summed E-state index contributed by atoms with van der Waals surface area (Å²) in [5, 5.41) is 5.38. The summed E-state index contributed by atoms with van der Waals surface area (Å²) in [5.41, 5.74) is 1.56.